The lowest BCUT2D eigenvalue weighted by atomic mass is 10.1. The molecule has 1 fully saturated rings. The standard InChI is InChI=1S/C15H18ClF3N4O3/c1-14(2,3)26-13(25)23-6-4-22(5-7-23)11(24)9-8-20-12(16)21-10(9)15(17,18)19/h8H,4-7H2,1-3H3. The third-order valence-electron chi connectivity index (χ3n) is 3.48. The van der Waals surface area contributed by atoms with Crippen molar-refractivity contribution in [3.8, 4) is 0 Å². The topological polar surface area (TPSA) is 75.6 Å². The van der Waals surface area contributed by atoms with Gasteiger partial charge < -0.3 is 14.5 Å². The van der Waals surface area contributed by atoms with Gasteiger partial charge in [-0.2, -0.15) is 13.2 Å². The minimum absolute atomic E-state index is 0.0675. The Kier molecular flexibility index (Phi) is 5.64. The van der Waals surface area contributed by atoms with Crippen LogP contribution in [0.2, 0.25) is 5.28 Å². The molecular weight excluding hydrogens is 377 g/mol. The molecule has 2 amide bonds. The van der Waals surface area contributed by atoms with Crippen molar-refractivity contribution in [2.24, 2.45) is 0 Å². The average molecular weight is 395 g/mol. The van der Waals surface area contributed by atoms with Crippen LogP contribution in [0.5, 0.6) is 0 Å². The molecule has 2 heterocycles. The van der Waals surface area contributed by atoms with Gasteiger partial charge in [-0.1, -0.05) is 0 Å². The highest BCUT2D eigenvalue weighted by atomic mass is 35.5. The summed E-state index contributed by atoms with van der Waals surface area (Å²) in [5, 5.41) is -0.594. The van der Waals surface area contributed by atoms with E-state index in [2.05, 4.69) is 9.97 Å². The smallest absolute Gasteiger partial charge is 0.434 e. The van der Waals surface area contributed by atoms with Crippen LogP contribution in [0.15, 0.2) is 6.20 Å². The van der Waals surface area contributed by atoms with Crippen molar-refractivity contribution in [2.45, 2.75) is 32.5 Å². The molecule has 11 heteroatoms. The Labute approximate surface area is 153 Å². The Morgan fingerprint density at radius 3 is 2.15 bits per heavy atom. The quantitative estimate of drug-likeness (QED) is 0.685. The van der Waals surface area contributed by atoms with E-state index in [0.717, 1.165) is 6.20 Å². The molecule has 144 valence electrons. The molecule has 0 N–H and O–H groups in total. The highest BCUT2D eigenvalue weighted by molar-refractivity contribution is 6.28. The fraction of sp³-hybridized carbons (Fsp3) is 0.600. The van der Waals surface area contributed by atoms with Crippen molar-refractivity contribution in [3.05, 3.63) is 22.7 Å². The van der Waals surface area contributed by atoms with Gasteiger partial charge in [-0.3, -0.25) is 4.79 Å². The lowest BCUT2D eigenvalue weighted by molar-refractivity contribution is -0.141. The van der Waals surface area contributed by atoms with E-state index in [4.69, 9.17) is 16.3 Å². The third-order valence-corrected chi connectivity index (χ3v) is 3.66. The zero-order valence-electron chi connectivity index (χ0n) is 14.4. The van der Waals surface area contributed by atoms with Gasteiger partial charge in [0.1, 0.15) is 5.60 Å². The number of carbonyl (C=O) groups excluding carboxylic acids is 2. The van der Waals surface area contributed by atoms with Crippen molar-refractivity contribution in [2.75, 3.05) is 26.2 Å². The molecule has 1 saturated heterocycles. The van der Waals surface area contributed by atoms with Crippen LogP contribution in [0.4, 0.5) is 18.0 Å². The van der Waals surface area contributed by atoms with Gasteiger partial charge in [0.2, 0.25) is 5.28 Å². The van der Waals surface area contributed by atoms with E-state index in [0.29, 0.717) is 0 Å². The van der Waals surface area contributed by atoms with Gasteiger partial charge in [0.25, 0.3) is 5.91 Å². The summed E-state index contributed by atoms with van der Waals surface area (Å²) >= 11 is 5.41. The zero-order chi connectivity index (χ0) is 19.7. The van der Waals surface area contributed by atoms with Crippen molar-refractivity contribution in [1.29, 1.82) is 0 Å². The van der Waals surface area contributed by atoms with E-state index >= 15 is 0 Å². The van der Waals surface area contributed by atoms with Crippen molar-refractivity contribution < 1.29 is 27.5 Å². The molecule has 26 heavy (non-hydrogen) atoms. The van der Waals surface area contributed by atoms with E-state index in [1.54, 1.807) is 20.8 Å². The Bertz CT molecular complexity index is 698. The van der Waals surface area contributed by atoms with E-state index in [-0.39, 0.29) is 26.2 Å². The van der Waals surface area contributed by atoms with Crippen molar-refractivity contribution >= 4 is 23.6 Å². The second-order valence-electron chi connectivity index (χ2n) is 6.66. The van der Waals surface area contributed by atoms with Crippen molar-refractivity contribution in [1.82, 2.24) is 19.8 Å². The largest absolute Gasteiger partial charge is 0.444 e. The number of hydrogen-bond acceptors (Lipinski definition) is 5. The van der Waals surface area contributed by atoms with E-state index < -0.39 is 40.3 Å². The van der Waals surface area contributed by atoms with Gasteiger partial charge in [-0.25, -0.2) is 14.8 Å². The Morgan fingerprint density at radius 1 is 1.12 bits per heavy atom. The molecule has 1 aromatic heterocycles. The number of carbonyl (C=O) groups is 2. The van der Waals surface area contributed by atoms with E-state index in [1.165, 1.54) is 9.80 Å². The van der Waals surface area contributed by atoms with Crippen molar-refractivity contribution in [3.63, 3.8) is 0 Å². The summed E-state index contributed by atoms with van der Waals surface area (Å²) in [6.07, 6.45) is -4.60. The minimum Gasteiger partial charge on any atom is -0.444 e. The normalized spacial score (nSPS) is 15.8. The second-order valence-corrected chi connectivity index (χ2v) is 7.00. The molecule has 0 spiro atoms. The van der Waals surface area contributed by atoms with Crippen LogP contribution in [0.25, 0.3) is 0 Å². The molecule has 2 rings (SSSR count). The van der Waals surface area contributed by atoms with Crippen LogP contribution in [-0.2, 0) is 10.9 Å². The van der Waals surface area contributed by atoms with Gasteiger partial charge in [0.05, 0.1) is 5.56 Å². The monoisotopic (exact) mass is 394 g/mol. The summed E-state index contributed by atoms with van der Waals surface area (Å²) in [6, 6.07) is 0. The molecule has 0 bridgehead atoms. The Morgan fingerprint density at radius 2 is 1.65 bits per heavy atom. The molecule has 1 aliphatic rings. The van der Waals surface area contributed by atoms with Crippen LogP contribution in [-0.4, -0.2) is 63.5 Å². The first kappa shape index (κ1) is 20.2. The van der Waals surface area contributed by atoms with Gasteiger partial charge >= 0.3 is 12.3 Å². The number of halogens is 4. The highest BCUT2D eigenvalue weighted by Gasteiger charge is 2.39. The zero-order valence-corrected chi connectivity index (χ0v) is 15.2. The molecule has 1 aliphatic heterocycles. The summed E-state index contributed by atoms with van der Waals surface area (Å²) in [4.78, 5) is 33.7. The second kappa shape index (κ2) is 7.26. The minimum atomic E-state index is -4.84. The lowest BCUT2D eigenvalue weighted by Gasteiger charge is -2.35. The number of piperazine rings is 1. The molecule has 0 atom stereocenters. The lowest BCUT2D eigenvalue weighted by Crippen LogP contribution is -2.51. The number of amides is 2. The average Bonchev–Trinajstić information content (AvgIpc) is 2.52. The maximum absolute atomic E-state index is 13.1. The number of aromatic nitrogens is 2. The maximum atomic E-state index is 13.1. The highest BCUT2D eigenvalue weighted by Crippen LogP contribution is 2.31. The molecular formula is C15H18ClF3N4O3. The Hall–Kier alpha value is -2.10. The molecule has 7 nitrogen and oxygen atoms in total. The third kappa shape index (κ3) is 4.96. The summed E-state index contributed by atoms with van der Waals surface area (Å²) in [5.74, 6) is -0.863. The fourth-order valence-electron chi connectivity index (χ4n) is 2.32. The predicted octanol–water partition coefficient (Wildman–Crippen LogP) is 2.84. The van der Waals surface area contributed by atoms with Crippen LogP contribution < -0.4 is 0 Å². The number of nitrogens with zero attached hydrogens (tertiary/aromatic N) is 4. The summed E-state index contributed by atoms with van der Waals surface area (Å²) in [6.45, 7) is 5.61. The molecule has 1 aromatic rings. The van der Waals surface area contributed by atoms with Crippen LogP contribution in [0, 0.1) is 0 Å². The first-order chi connectivity index (χ1) is 11.9. The molecule has 0 unspecified atom stereocenters. The summed E-state index contributed by atoms with van der Waals surface area (Å²) in [5.41, 5.74) is -2.71. The molecule has 0 aromatic carbocycles. The summed E-state index contributed by atoms with van der Waals surface area (Å²) in [7, 11) is 0. The van der Waals surface area contributed by atoms with Crippen LogP contribution in [0.1, 0.15) is 36.8 Å². The molecule has 0 aliphatic carbocycles. The first-order valence-corrected chi connectivity index (χ1v) is 8.13. The SMILES string of the molecule is CC(C)(C)OC(=O)N1CCN(C(=O)c2cnc(Cl)nc2C(F)(F)F)CC1. The van der Waals surface area contributed by atoms with Crippen LogP contribution >= 0.6 is 11.6 Å². The van der Waals surface area contributed by atoms with Gasteiger partial charge in [-0.15, -0.1) is 0 Å². The van der Waals surface area contributed by atoms with Gasteiger partial charge in [0, 0.05) is 32.4 Å². The number of ether oxygens (including phenoxy) is 1. The number of alkyl halides is 3. The molecule has 0 saturated carbocycles. The Balaban J connectivity index is 2.09. The maximum Gasteiger partial charge on any atom is 0.434 e. The summed E-state index contributed by atoms with van der Waals surface area (Å²) < 4.78 is 44.5. The van der Waals surface area contributed by atoms with E-state index in [1.807, 2.05) is 0 Å². The molecule has 0 radical (unpaired) electrons. The predicted molar refractivity (Wildman–Crippen MR) is 85.8 cm³/mol. The van der Waals surface area contributed by atoms with Crippen LogP contribution in [0.3, 0.4) is 0 Å². The van der Waals surface area contributed by atoms with Gasteiger partial charge in [-0.05, 0) is 32.4 Å². The number of rotatable bonds is 1. The fourth-order valence-corrected chi connectivity index (χ4v) is 2.46. The van der Waals surface area contributed by atoms with Gasteiger partial charge in [0.15, 0.2) is 5.69 Å². The number of hydrogen-bond donors (Lipinski definition) is 0. The first-order valence-electron chi connectivity index (χ1n) is 7.75. The van der Waals surface area contributed by atoms with E-state index in [9.17, 15) is 22.8 Å².